The predicted octanol–water partition coefficient (Wildman–Crippen LogP) is 3.90. The first-order chi connectivity index (χ1) is 8.00. The average molecular weight is 316 g/mol. The Morgan fingerprint density at radius 2 is 2.18 bits per heavy atom. The highest BCUT2D eigenvalue weighted by Crippen LogP contribution is 2.19. The first-order valence-electron chi connectivity index (χ1n) is 5.77. The standard InChI is InChI=1S/C13H18BrNOS/c1-9(2)4-3-7-15-13(16)11-6-5-10(14)8-12(11)17/h5-6,8-9,17H,3-4,7H2,1-2H3,(H,15,16). The molecule has 0 bridgehead atoms. The van der Waals surface area contributed by atoms with Crippen LogP contribution in [0, 0.1) is 5.92 Å². The summed E-state index contributed by atoms with van der Waals surface area (Å²) in [7, 11) is 0. The minimum absolute atomic E-state index is 0.0498. The van der Waals surface area contributed by atoms with E-state index in [9.17, 15) is 4.79 Å². The molecular weight excluding hydrogens is 298 g/mol. The van der Waals surface area contributed by atoms with Crippen molar-refractivity contribution in [2.75, 3.05) is 6.54 Å². The zero-order valence-corrected chi connectivity index (χ0v) is 12.6. The average Bonchev–Trinajstić information content (AvgIpc) is 2.23. The Morgan fingerprint density at radius 1 is 1.47 bits per heavy atom. The fourth-order valence-corrected chi connectivity index (χ4v) is 2.36. The molecule has 94 valence electrons. The molecule has 0 heterocycles. The van der Waals surface area contributed by atoms with Gasteiger partial charge < -0.3 is 5.32 Å². The molecule has 0 aliphatic rings. The van der Waals surface area contributed by atoms with Gasteiger partial charge in [-0.3, -0.25) is 4.79 Å². The van der Waals surface area contributed by atoms with Gasteiger partial charge >= 0.3 is 0 Å². The van der Waals surface area contributed by atoms with E-state index in [0.717, 1.165) is 23.9 Å². The van der Waals surface area contributed by atoms with Crippen molar-refractivity contribution in [3.63, 3.8) is 0 Å². The number of amides is 1. The van der Waals surface area contributed by atoms with Crippen LogP contribution in [0.3, 0.4) is 0 Å². The van der Waals surface area contributed by atoms with E-state index in [2.05, 4.69) is 47.7 Å². The Labute approximate surface area is 117 Å². The molecule has 17 heavy (non-hydrogen) atoms. The van der Waals surface area contributed by atoms with Crippen molar-refractivity contribution < 1.29 is 4.79 Å². The van der Waals surface area contributed by atoms with Gasteiger partial charge in [-0.2, -0.15) is 0 Å². The second kappa shape index (κ2) is 7.07. The molecule has 1 aromatic rings. The maximum Gasteiger partial charge on any atom is 0.252 e. The number of hydrogen-bond donors (Lipinski definition) is 2. The van der Waals surface area contributed by atoms with Gasteiger partial charge in [0.25, 0.3) is 5.91 Å². The largest absolute Gasteiger partial charge is 0.352 e. The van der Waals surface area contributed by atoms with E-state index >= 15 is 0 Å². The lowest BCUT2D eigenvalue weighted by molar-refractivity contribution is 0.0949. The first-order valence-corrected chi connectivity index (χ1v) is 7.01. The summed E-state index contributed by atoms with van der Waals surface area (Å²) in [5.41, 5.74) is 0.626. The molecule has 0 fully saturated rings. The van der Waals surface area contributed by atoms with Gasteiger partial charge in [0.15, 0.2) is 0 Å². The van der Waals surface area contributed by atoms with Crippen molar-refractivity contribution >= 4 is 34.5 Å². The molecule has 0 saturated heterocycles. The lowest BCUT2D eigenvalue weighted by Crippen LogP contribution is -2.25. The minimum Gasteiger partial charge on any atom is -0.352 e. The van der Waals surface area contributed by atoms with Crippen LogP contribution < -0.4 is 5.32 Å². The highest BCUT2D eigenvalue weighted by Gasteiger charge is 2.08. The number of carbonyl (C=O) groups excluding carboxylic acids is 1. The van der Waals surface area contributed by atoms with E-state index in [0.29, 0.717) is 16.4 Å². The number of hydrogen-bond acceptors (Lipinski definition) is 2. The molecule has 0 aromatic heterocycles. The van der Waals surface area contributed by atoms with Crippen molar-refractivity contribution in [1.82, 2.24) is 5.32 Å². The van der Waals surface area contributed by atoms with Crippen LogP contribution in [0.1, 0.15) is 37.0 Å². The van der Waals surface area contributed by atoms with Gasteiger partial charge in [0.1, 0.15) is 0 Å². The first kappa shape index (κ1) is 14.6. The number of halogens is 1. The van der Waals surface area contributed by atoms with Crippen molar-refractivity contribution in [3.05, 3.63) is 28.2 Å². The van der Waals surface area contributed by atoms with E-state index in [1.807, 2.05) is 12.1 Å². The van der Waals surface area contributed by atoms with Crippen molar-refractivity contribution in [2.45, 2.75) is 31.6 Å². The zero-order chi connectivity index (χ0) is 12.8. The molecule has 0 aliphatic carbocycles. The molecule has 0 spiro atoms. The summed E-state index contributed by atoms with van der Waals surface area (Å²) in [6.07, 6.45) is 2.15. The summed E-state index contributed by atoms with van der Waals surface area (Å²) in [5, 5.41) is 2.91. The molecule has 0 unspecified atom stereocenters. The van der Waals surface area contributed by atoms with Gasteiger partial charge in [0.2, 0.25) is 0 Å². The molecule has 1 N–H and O–H groups in total. The highest BCUT2D eigenvalue weighted by molar-refractivity contribution is 9.10. The van der Waals surface area contributed by atoms with Gasteiger partial charge in [0.05, 0.1) is 5.56 Å². The lowest BCUT2D eigenvalue weighted by Gasteiger charge is -2.08. The SMILES string of the molecule is CC(C)CCCNC(=O)c1ccc(Br)cc1S. The van der Waals surface area contributed by atoms with Gasteiger partial charge in [-0.25, -0.2) is 0 Å². The molecule has 0 atom stereocenters. The third-order valence-corrected chi connectivity index (χ3v) is 3.31. The Bertz CT molecular complexity index is 393. The number of thiol groups is 1. The molecule has 0 aliphatic heterocycles. The number of rotatable bonds is 5. The highest BCUT2D eigenvalue weighted by atomic mass is 79.9. The van der Waals surface area contributed by atoms with E-state index in [1.165, 1.54) is 0 Å². The van der Waals surface area contributed by atoms with Crippen molar-refractivity contribution in [1.29, 1.82) is 0 Å². The van der Waals surface area contributed by atoms with Crippen LogP contribution in [0.5, 0.6) is 0 Å². The lowest BCUT2D eigenvalue weighted by atomic mass is 10.1. The third-order valence-electron chi connectivity index (χ3n) is 2.45. The van der Waals surface area contributed by atoms with E-state index < -0.39 is 0 Å². The van der Waals surface area contributed by atoms with Crippen molar-refractivity contribution in [2.24, 2.45) is 5.92 Å². The summed E-state index contributed by atoms with van der Waals surface area (Å²) in [5.74, 6) is 0.631. The summed E-state index contributed by atoms with van der Waals surface area (Å²) < 4.78 is 0.929. The van der Waals surface area contributed by atoms with Crippen molar-refractivity contribution in [3.8, 4) is 0 Å². The molecule has 1 amide bonds. The van der Waals surface area contributed by atoms with E-state index in [4.69, 9.17) is 0 Å². The molecule has 1 aromatic carbocycles. The molecule has 4 heteroatoms. The van der Waals surface area contributed by atoms with Crippen LogP contribution in [-0.4, -0.2) is 12.5 Å². The topological polar surface area (TPSA) is 29.1 Å². The van der Waals surface area contributed by atoms with Crippen LogP contribution in [0.4, 0.5) is 0 Å². The minimum atomic E-state index is -0.0498. The van der Waals surface area contributed by atoms with Gasteiger partial charge in [-0.1, -0.05) is 29.8 Å². The molecule has 1 rings (SSSR count). The Balaban J connectivity index is 2.47. The van der Waals surface area contributed by atoms with E-state index in [-0.39, 0.29) is 5.91 Å². The summed E-state index contributed by atoms with van der Waals surface area (Å²) >= 11 is 7.64. The molecular formula is C13H18BrNOS. The number of nitrogens with one attached hydrogen (secondary N) is 1. The number of carbonyl (C=O) groups is 1. The van der Waals surface area contributed by atoms with Crippen LogP contribution in [-0.2, 0) is 0 Å². The predicted molar refractivity (Wildman–Crippen MR) is 77.8 cm³/mol. The molecule has 2 nitrogen and oxygen atoms in total. The Morgan fingerprint density at radius 3 is 2.76 bits per heavy atom. The zero-order valence-electron chi connectivity index (χ0n) is 10.2. The summed E-state index contributed by atoms with van der Waals surface area (Å²) in [6.45, 7) is 5.09. The maximum atomic E-state index is 11.8. The maximum absolute atomic E-state index is 11.8. The normalized spacial score (nSPS) is 10.6. The van der Waals surface area contributed by atoms with E-state index in [1.54, 1.807) is 6.07 Å². The smallest absolute Gasteiger partial charge is 0.252 e. The fraction of sp³-hybridized carbons (Fsp3) is 0.462. The van der Waals surface area contributed by atoms with Crippen LogP contribution >= 0.6 is 28.6 Å². The van der Waals surface area contributed by atoms with Crippen LogP contribution in [0.2, 0.25) is 0 Å². The van der Waals surface area contributed by atoms with Gasteiger partial charge in [0, 0.05) is 15.9 Å². The second-order valence-electron chi connectivity index (χ2n) is 4.45. The Hall–Kier alpha value is -0.480. The van der Waals surface area contributed by atoms with Gasteiger partial charge in [-0.05, 0) is 37.0 Å². The summed E-state index contributed by atoms with van der Waals surface area (Å²) in [4.78, 5) is 12.5. The quantitative estimate of drug-likeness (QED) is 0.626. The second-order valence-corrected chi connectivity index (χ2v) is 5.85. The monoisotopic (exact) mass is 315 g/mol. The van der Waals surface area contributed by atoms with Crippen LogP contribution in [0.15, 0.2) is 27.6 Å². The number of benzene rings is 1. The molecule has 0 radical (unpaired) electrons. The fourth-order valence-electron chi connectivity index (χ4n) is 1.50. The van der Waals surface area contributed by atoms with Gasteiger partial charge in [-0.15, -0.1) is 12.6 Å². The third kappa shape index (κ3) is 5.13. The molecule has 0 saturated carbocycles. The Kier molecular flexibility index (Phi) is 6.06. The summed E-state index contributed by atoms with van der Waals surface area (Å²) in [6, 6.07) is 5.46. The van der Waals surface area contributed by atoms with Crippen LogP contribution in [0.25, 0.3) is 0 Å².